The maximum absolute atomic E-state index is 12.3. The first-order valence-corrected chi connectivity index (χ1v) is 8.23. The number of aryl methyl sites for hydroxylation is 2. The summed E-state index contributed by atoms with van der Waals surface area (Å²) >= 11 is 3.39. The molecular weight excluding hydrogens is 288 g/mol. The zero-order chi connectivity index (χ0) is 14.7. The van der Waals surface area contributed by atoms with Crippen LogP contribution in [0.1, 0.15) is 31.0 Å². The molecule has 0 aliphatic carbocycles. The van der Waals surface area contributed by atoms with E-state index in [0.29, 0.717) is 6.54 Å². The second kappa shape index (κ2) is 6.52. The number of thiophene rings is 2. The largest absolute Gasteiger partial charge is 0.350 e. The van der Waals surface area contributed by atoms with Crippen molar-refractivity contribution >= 4 is 28.6 Å². The van der Waals surface area contributed by atoms with Crippen molar-refractivity contribution in [2.24, 2.45) is 0 Å². The minimum atomic E-state index is 0.0234. The number of carbonyl (C=O) groups excluding carboxylic acids is 1. The Bertz CT molecular complexity index is 573. The Morgan fingerprint density at radius 3 is 2.65 bits per heavy atom. The number of amides is 1. The Kier molecular flexibility index (Phi) is 4.96. The molecule has 3 nitrogen and oxygen atoms in total. The molecule has 108 valence electrons. The molecule has 0 radical (unpaired) electrons. The Morgan fingerprint density at radius 1 is 1.40 bits per heavy atom. The molecule has 2 aromatic heterocycles. The fourth-order valence-corrected chi connectivity index (χ4v) is 4.00. The third-order valence-corrected chi connectivity index (χ3v) is 5.18. The van der Waals surface area contributed by atoms with E-state index in [1.54, 1.807) is 22.7 Å². The van der Waals surface area contributed by atoms with Crippen LogP contribution in [-0.2, 0) is 0 Å². The summed E-state index contributed by atoms with van der Waals surface area (Å²) in [5.41, 5.74) is 0.802. The quantitative estimate of drug-likeness (QED) is 0.917. The number of hydrogen-bond donors (Lipinski definition) is 1. The topological polar surface area (TPSA) is 32.3 Å². The highest BCUT2D eigenvalue weighted by atomic mass is 32.1. The van der Waals surface area contributed by atoms with Gasteiger partial charge in [0.2, 0.25) is 0 Å². The van der Waals surface area contributed by atoms with E-state index < -0.39 is 0 Å². The van der Waals surface area contributed by atoms with Crippen LogP contribution >= 0.6 is 22.7 Å². The van der Waals surface area contributed by atoms with E-state index in [9.17, 15) is 4.79 Å². The van der Waals surface area contributed by atoms with Crippen LogP contribution in [0.3, 0.4) is 0 Å². The summed E-state index contributed by atoms with van der Waals surface area (Å²) in [7, 11) is 4.08. The molecule has 0 saturated carbocycles. The second-order valence-electron chi connectivity index (χ2n) is 5.03. The highest BCUT2D eigenvalue weighted by Gasteiger charge is 2.18. The monoisotopic (exact) mass is 308 g/mol. The Morgan fingerprint density at radius 2 is 2.15 bits per heavy atom. The van der Waals surface area contributed by atoms with Gasteiger partial charge in [-0.1, -0.05) is 6.07 Å². The van der Waals surface area contributed by atoms with Gasteiger partial charge in [-0.15, -0.1) is 22.7 Å². The van der Waals surface area contributed by atoms with Crippen molar-refractivity contribution in [2.75, 3.05) is 20.6 Å². The number of nitrogens with zero attached hydrogens (tertiary/aromatic N) is 1. The predicted octanol–water partition coefficient (Wildman–Crippen LogP) is 3.46. The van der Waals surface area contributed by atoms with Gasteiger partial charge in [0, 0.05) is 21.2 Å². The van der Waals surface area contributed by atoms with Gasteiger partial charge in [-0.25, -0.2) is 0 Å². The predicted molar refractivity (Wildman–Crippen MR) is 86.9 cm³/mol. The van der Waals surface area contributed by atoms with E-state index in [0.717, 1.165) is 10.4 Å². The molecule has 1 N–H and O–H groups in total. The van der Waals surface area contributed by atoms with Crippen molar-refractivity contribution in [3.8, 4) is 0 Å². The molecule has 0 spiro atoms. The first-order chi connectivity index (χ1) is 9.49. The fourth-order valence-electron chi connectivity index (χ4n) is 2.16. The van der Waals surface area contributed by atoms with Gasteiger partial charge in [0.1, 0.15) is 0 Å². The standard InChI is InChI=1S/C15H20N2OS2/c1-10-8-12(11(2)20-10)15(18)16-9-13(17(3)4)14-6-5-7-19-14/h5-8,13H,9H2,1-4H3,(H,16,18). The van der Waals surface area contributed by atoms with Crippen LogP contribution in [0.2, 0.25) is 0 Å². The molecular formula is C15H20N2OS2. The summed E-state index contributed by atoms with van der Waals surface area (Å²) in [5, 5.41) is 5.13. The Labute approximate surface area is 128 Å². The number of likely N-dealkylation sites (N-methyl/N-ethyl adjacent to an activating group) is 1. The number of rotatable bonds is 5. The van der Waals surface area contributed by atoms with Gasteiger partial charge >= 0.3 is 0 Å². The highest BCUT2D eigenvalue weighted by Crippen LogP contribution is 2.23. The van der Waals surface area contributed by atoms with E-state index in [2.05, 4.69) is 21.7 Å². The SMILES string of the molecule is Cc1cc(C(=O)NCC(c2cccs2)N(C)C)c(C)s1. The molecule has 1 atom stereocenters. The van der Waals surface area contributed by atoms with Gasteiger partial charge in [0.05, 0.1) is 11.6 Å². The maximum atomic E-state index is 12.3. The third-order valence-electron chi connectivity index (χ3n) is 3.24. The van der Waals surface area contributed by atoms with E-state index in [1.165, 1.54) is 9.75 Å². The van der Waals surface area contributed by atoms with Crippen LogP contribution in [0.4, 0.5) is 0 Å². The van der Waals surface area contributed by atoms with Crippen LogP contribution < -0.4 is 5.32 Å². The maximum Gasteiger partial charge on any atom is 0.252 e. The highest BCUT2D eigenvalue weighted by molar-refractivity contribution is 7.12. The summed E-state index contributed by atoms with van der Waals surface area (Å²) in [5.74, 6) is 0.0234. The Hall–Kier alpha value is -1.17. The van der Waals surface area contributed by atoms with Gasteiger partial charge < -0.3 is 10.2 Å². The normalized spacial score (nSPS) is 12.7. The lowest BCUT2D eigenvalue weighted by atomic mass is 10.2. The summed E-state index contributed by atoms with van der Waals surface area (Å²) in [6, 6.07) is 6.34. The van der Waals surface area contributed by atoms with Gasteiger partial charge in [0.15, 0.2) is 0 Å². The molecule has 20 heavy (non-hydrogen) atoms. The molecule has 1 amide bonds. The zero-order valence-corrected chi connectivity index (χ0v) is 13.9. The molecule has 0 aliphatic rings. The van der Waals surface area contributed by atoms with Crippen LogP contribution in [0.15, 0.2) is 23.6 Å². The minimum absolute atomic E-state index is 0.0234. The molecule has 2 aromatic rings. The average molecular weight is 308 g/mol. The van der Waals surface area contributed by atoms with Crippen LogP contribution in [-0.4, -0.2) is 31.4 Å². The fraction of sp³-hybridized carbons (Fsp3) is 0.400. The molecule has 0 aliphatic heterocycles. The van der Waals surface area contributed by atoms with E-state index in [-0.39, 0.29) is 11.9 Å². The lowest BCUT2D eigenvalue weighted by molar-refractivity contribution is 0.0942. The zero-order valence-electron chi connectivity index (χ0n) is 12.3. The number of hydrogen-bond acceptors (Lipinski definition) is 4. The number of carbonyl (C=O) groups is 1. The minimum Gasteiger partial charge on any atom is -0.350 e. The molecule has 0 bridgehead atoms. The van der Waals surface area contributed by atoms with Gasteiger partial charge in [-0.3, -0.25) is 4.79 Å². The second-order valence-corrected chi connectivity index (χ2v) is 7.47. The molecule has 0 aromatic carbocycles. The molecule has 2 heterocycles. The van der Waals surface area contributed by atoms with Gasteiger partial charge in [0.25, 0.3) is 5.91 Å². The summed E-state index contributed by atoms with van der Waals surface area (Å²) < 4.78 is 0. The molecule has 0 fully saturated rings. The Balaban J connectivity index is 2.03. The van der Waals surface area contributed by atoms with Crippen molar-refractivity contribution in [1.82, 2.24) is 10.2 Å². The average Bonchev–Trinajstić information content (AvgIpc) is 2.99. The molecule has 5 heteroatoms. The van der Waals surface area contributed by atoms with Crippen molar-refractivity contribution in [2.45, 2.75) is 19.9 Å². The molecule has 1 unspecified atom stereocenters. The van der Waals surface area contributed by atoms with E-state index >= 15 is 0 Å². The van der Waals surface area contributed by atoms with Crippen LogP contribution in [0.5, 0.6) is 0 Å². The number of nitrogens with one attached hydrogen (secondary N) is 1. The summed E-state index contributed by atoms with van der Waals surface area (Å²) in [4.78, 5) is 17.9. The summed E-state index contributed by atoms with van der Waals surface area (Å²) in [6.07, 6.45) is 0. The molecule has 2 rings (SSSR count). The lowest BCUT2D eigenvalue weighted by Crippen LogP contribution is -2.34. The summed E-state index contributed by atoms with van der Waals surface area (Å²) in [6.45, 7) is 4.65. The van der Waals surface area contributed by atoms with Crippen molar-refractivity contribution < 1.29 is 4.79 Å². The van der Waals surface area contributed by atoms with Crippen molar-refractivity contribution in [3.05, 3.63) is 43.8 Å². The smallest absolute Gasteiger partial charge is 0.252 e. The van der Waals surface area contributed by atoms with Gasteiger partial charge in [-0.05, 0) is 45.5 Å². The van der Waals surface area contributed by atoms with E-state index in [1.807, 2.05) is 40.1 Å². The first kappa shape index (κ1) is 15.2. The van der Waals surface area contributed by atoms with E-state index in [4.69, 9.17) is 0 Å². The lowest BCUT2D eigenvalue weighted by Gasteiger charge is -2.23. The van der Waals surface area contributed by atoms with Crippen molar-refractivity contribution in [3.63, 3.8) is 0 Å². The van der Waals surface area contributed by atoms with Crippen molar-refractivity contribution in [1.29, 1.82) is 0 Å². The van der Waals surface area contributed by atoms with Crippen LogP contribution in [0.25, 0.3) is 0 Å². The van der Waals surface area contributed by atoms with Crippen LogP contribution in [0, 0.1) is 13.8 Å². The van der Waals surface area contributed by atoms with Gasteiger partial charge in [-0.2, -0.15) is 0 Å². The first-order valence-electron chi connectivity index (χ1n) is 6.54. The third kappa shape index (κ3) is 3.48. The molecule has 0 saturated heterocycles.